The van der Waals surface area contributed by atoms with Gasteiger partial charge in [-0.2, -0.15) is 0 Å². The molecule has 0 saturated carbocycles. The summed E-state index contributed by atoms with van der Waals surface area (Å²) < 4.78 is 7.30. The van der Waals surface area contributed by atoms with Crippen molar-refractivity contribution in [2.45, 2.75) is 19.4 Å². The van der Waals surface area contributed by atoms with Crippen LogP contribution in [-0.4, -0.2) is 28.3 Å². The molecule has 0 unspecified atom stereocenters. The van der Waals surface area contributed by atoms with Crippen molar-refractivity contribution in [2.75, 3.05) is 13.7 Å². The lowest BCUT2D eigenvalue weighted by molar-refractivity contribution is 0.194. The van der Waals surface area contributed by atoms with Crippen molar-refractivity contribution in [3.05, 3.63) is 59.0 Å². The van der Waals surface area contributed by atoms with Crippen LogP contribution in [0.4, 0.5) is 0 Å². The molecule has 22 heavy (non-hydrogen) atoms. The number of methoxy groups -OCH3 is 1. The minimum absolute atomic E-state index is 0.719. The largest absolute Gasteiger partial charge is 0.385 e. The Labute approximate surface area is 134 Å². The molecule has 3 rings (SSSR count). The molecule has 114 valence electrons. The second-order valence-electron chi connectivity index (χ2n) is 5.19. The molecule has 0 fully saturated rings. The Morgan fingerprint density at radius 1 is 1.23 bits per heavy atom. The minimum Gasteiger partial charge on any atom is -0.385 e. The van der Waals surface area contributed by atoms with Crippen LogP contribution in [0, 0.1) is 0 Å². The molecule has 0 radical (unpaired) electrons. The molecule has 4 nitrogen and oxygen atoms in total. The van der Waals surface area contributed by atoms with Crippen molar-refractivity contribution in [1.82, 2.24) is 14.5 Å². The maximum Gasteiger partial charge on any atom is 0.160 e. The van der Waals surface area contributed by atoms with Gasteiger partial charge in [-0.15, -0.1) is 0 Å². The zero-order valence-corrected chi connectivity index (χ0v) is 13.3. The highest BCUT2D eigenvalue weighted by molar-refractivity contribution is 6.30. The SMILES string of the molecule is COCCCc1nc2cccnc2n1Cc1cccc(Cl)c1. The highest BCUT2D eigenvalue weighted by atomic mass is 35.5. The Morgan fingerprint density at radius 2 is 2.14 bits per heavy atom. The average molecular weight is 316 g/mol. The lowest BCUT2D eigenvalue weighted by Crippen LogP contribution is -2.07. The summed E-state index contributed by atoms with van der Waals surface area (Å²) in [6.07, 6.45) is 3.61. The first-order valence-electron chi connectivity index (χ1n) is 7.31. The summed E-state index contributed by atoms with van der Waals surface area (Å²) in [7, 11) is 1.72. The number of halogens is 1. The first kappa shape index (κ1) is 15.0. The van der Waals surface area contributed by atoms with E-state index in [2.05, 4.69) is 15.6 Å². The van der Waals surface area contributed by atoms with Gasteiger partial charge in [0.25, 0.3) is 0 Å². The van der Waals surface area contributed by atoms with Crippen molar-refractivity contribution >= 4 is 22.8 Å². The van der Waals surface area contributed by atoms with Gasteiger partial charge in [0.1, 0.15) is 11.3 Å². The number of fused-ring (bicyclic) bond motifs is 1. The van der Waals surface area contributed by atoms with Gasteiger partial charge < -0.3 is 9.30 Å². The predicted molar refractivity (Wildman–Crippen MR) is 88.3 cm³/mol. The van der Waals surface area contributed by atoms with Gasteiger partial charge in [0.05, 0.1) is 6.54 Å². The molecule has 0 aliphatic heterocycles. The highest BCUT2D eigenvalue weighted by Gasteiger charge is 2.12. The van der Waals surface area contributed by atoms with Gasteiger partial charge in [0, 0.05) is 31.4 Å². The molecule has 0 amide bonds. The summed E-state index contributed by atoms with van der Waals surface area (Å²) in [4.78, 5) is 9.20. The molecule has 5 heteroatoms. The molecule has 2 aromatic heterocycles. The summed E-state index contributed by atoms with van der Waals surface area (Å²) in [5, 5.41) is 0.746. The fourth-order valence-electron chi connectivity index (χ4n) is 2.55. The third kappa shape index (κ3) is 3.29. The van der Waals surface area contributed by atoms with Crippen molar-refractivity contribution in [1.29, 1.82) is 0 Å². The minimum atomic E-state index is 0.719. The van der Waals surface area contributed by atoms with Crippen LogP contribution in [-0.2, 0) is 17.7 Å². The van der Waals surface area contributed by atoms with Gasteiger partial charge in [-0.25, -0.2) is 9.97 Å². The molecular weight excluding hydrogens is 298 g/mol. The zero-order valence-electron chi connectivity index (χ0n) is 12.5. The summed E-state index contributed by atoms with van der Waals surface area (Å²) in [6, 6.07) is 11.8. The number of hydrogen-bond donors (Lipinski definition) is 0. The number of imidazole rings is 1. The van der Waals surface area contributed by atoms with Crippen LogP contribution in [0.15, 0.2) is 42.6 Å². The van der Waals surface area contributed by atoms with Crippen LogP contribution in [0.3, 0.4) is 0 Å². The van der Waals surface area contributed by atoms with E-state index in [-0.39, 0.29) is 0 Å². The summed E-state index contributed by atoms with van der Waals surface area (Å²) in [6.45, 7) is 1.45. The standard InChI is InChI=1S/C17H18ClN3O/c1-22-10-4-8-16-20-15-7-3-9-19-17(15)21(16)12-13-5-2-6-14(18)11-13/h2-3,5-7,9,11H,4,8,10,12H2,1H3. The molecule has 1 aromatic carbocycles. The quantitative estimate of drug-likeness (QED) is 0.651. The molecule has 0 spiro atoms. The van der Waals surface area contributed by atoms with E-state index >= 15 is 0 Å². The molecule has 0 aliphatic carbocycles. The van der Waals surface area contributed by atoms with E-state index in [9.17, 15) is 0 Å². The number of hydrogen-bond acceptors (Lipinski definition) is 3. The van der Waals surface area contributed by atoms with Crippen molar-refractivity contribution in [2.24, 2.45) is 0 Å². The van der Waals surface area contributed by atoms with Crippen molar-refractivity contribution in [3.8, 4) is 0 Å². The number of aromatic nitrogens is 3. The Hall–Kier alpha value is -1.91. The van der Waals surface area contributed by atoms with E-state index in [0.29, 0.717) is 0 Å². The van der Waals surface area contributed by atoms with E-state index in [4.69, 9.17) is 21.3 Å². The molecule has 0 N–H and O–H groups in total. The third-order valence-corrected chi connectivity index (χ3v) is 3.80. The molecule has 0 atom stereocenters. The first-order chi connectivity index (χ1) is 10.8. The second-order valence-corrected chi connectivity index (χ2v) is 5.62. The number of nitrogens with zero attached hydrogens (tertiary/aromatic N) is 3. The van der Waals surface area contributed by atoms with Crippen LogP contribution in [0.5, 0.6) is 0 Å². The normalized spacial score (nSPS) is 11.2. The molecule has 0 saturated heterocycles. The lowest BCUT2D eigenvalue weighted by atomic mass is 10.2. The number of ether oxygens (including phenoxy) is 1. The zero-order chi connectivity index (χ0) is 15.4. The van der Waals surface area contributed by atoms with Crippen molar-refractivity contribution < 1.29 is 4.74 Å². The number of benzene rings is 1. The topological polar surface area (TPSA) is 39.9 Å². The Morgan fingerprint density at radius 3 is 2.95 bits per heavy atom. The van der Waals surface area contributed by atoms with E-state index in [1.54, 1.807) is 13.3 Å². The van der Waals surface area contributed by atoms with Gasteiger partial charge in [0.2, 0.25) is 0 Å². The Bertz CT molecular complexity index is 769. The second kappa shape index (κ2) is 6.90. The number of pyridine rings is 1. The highest BCUT2D eigenvalue weighted by Crippen LogP contribution is 2.18. The lowest BCUT2D eigenvalue weighted by Gasteiger charge is -2.09. The molecule has 2 heterocycles. The summed E-state index contributed by atoms with van der Waals surface area (Å²) in [5.74, 6) is 1.03. The summed E-state index contributed by atoms with van der Waals surface area (Å²) in [5.41, 5.74) is 2.98. The maximum absolute atomic E-state index is 6.09. The Kier molecular flexibility index (Phi) is 4.71. The first-order valence-corrected chi connectivity index (χ1v) is 7.69. The van der Waals surface area contributed by atoms with Gasteiger partial charge >= 0.3 is 0 Å². The molecule has 0 bridgehead atoms. The van der Waals surface area contributed by atoms with E-state index in [1.807, 2.05) is 30.3 Å². The van der Waals surface area contributed by atoms with Crippen LogP contribution in [0.25, 0.3) is 11.2 Å². The monoisotopic (exact) mass is 315 g/mol. The maximum atomic E-state index is 6.09. The van der Waals surface area contributed by atoms with Crippen LogP contribution in [0.1, 0.15) is 17.8 Å². The van der Waals surface area contributed by atoms with E-state index in [1.165, 1.54) is 0 Å². The fourth-order valence-corrected chi connectivity index (χ4v) is 2.77. The number of aryl methyl sites for hydroxylation is 1. The summed E-state index contributed by atoms with van der Waals surface area (Å²) >= 11 is 6.09. The van der Waals surface area contributed by atoms with Gasteiger partial charge in [0.15, 0.2) is 5.65 Å². The van der Waals surface area contributed by atoms with Crippen LogP contribution < -0.4 is 0 Å². The van der Waals surface area contributed by atoms with Gasteiger partial charge in [-0.3, -0.25) is 0 Å². The fraction of sp³-hybridized carbons (Fsp3) is 0.294. The van der Waals surface area contributed by atoms with Crippen molar-refractivity contribution in [3.63, 3.8) is 0 Å². The Balaban J connectivity index is 1.96. The van der Waals surface area contributed by atoms with E-state index in [0.717, 1.165) is 53.6 Å². The number of rotatable bonds is 6. The molecule has 3 aromatic rings. The third-order valence-electron chi connectivity index (χ3n) is 3.56. The van der Waals surface area contributed by atoms with Crippen LogP contribution >= 0.6 is 11.6 Å². The van der Waals surface area contributed by atoms with Gasteiger partial charge in [-0.05, 0) is 36.2 Å². The smallest absolute Gasteiger partial charge is 0.160 e. The van der Waals surface area contributed by atoms with Crippen LogP contribution in [0.2, 0.25) is 5.02 Å². The molecular formula is C17H18ClN3O. The predicted octanol–water partition coefficient (Wildman–Crippen LogP) is 3.71. The average Bonchev–Trinajstić information content (AvgIpc) is 2.86. The van der Waals surface area contributed by atoms with Gasteiger partial charge in [-0.1, -0.05) is 23.7 Å². The van der Waals surface area contributed by atoms with E-state index < -0.39 is 0 Å². The molecule has 0 aliphatic rings.